The first-order valence-corrected chi connectivity index (χ1v) is 8.02. The zero-order chi connectivity index (χ0) is 13.6. The molecule has 0 amide bonds. The minimum absolute atomic E-state index is 0.0736. The molecule has 0 aromatic rings. The van der Waals surface area contributed by atoms with Gasteiger partial charge in [-0.2, -0.15) is 17.4 Å². The lowest BCUT2D eigenvalue weighted by molar-refractivity contribution is 0.132. The van der Waals surface area contributed by atoms with E-state index in [2.05, 4.69) is 4.72 Å². The Balaban J connectivity index is 2.60. The van der Waals surface area contributed by atoms with Gasteiger partial charge in [-0.05, 0) is 26.7 Å². The van der Waals surface area contributed by atoms with E-state index in [-0.39, 0.29) is 12.1 Å². The molecule has 0 aromatic heterocycles. The first-order valence-electron chi connectivity index (χ1n) is 6.58. The SMILES string of the molecule is CCOCC(C)NS(=O)(=O)N1CCCCC1CN. The molecule has 7 heteroatoms. The zero-order valence-corrected chi connectivity index (χ0v) is 12.1. The van der Waals surface area contributed by atoms with Crippen LogP contribution in [0.15, 0.2) is 0 Å². The summed E-state index contributed by atoms with van der Waals surface area (Å²) in [5.74, 6) is 0. The van der Waals surface area contributed by atoms with Crippen molar-refractivity contribution in [3.8, 4) is 0 Å². The van der Waals surface area contributed by atoms with Crippen LogP contribution in [0.4, 0.5) is 0 Å². The van der Waals surface area contributed by atoms with E-state index in [4.69, 9.17) is 10.5 Å². The average molecular weight is 279 g/mol. The van der Waals surface area contributed by atoms with Crippen molar-refractivity contribution in [3.63, 3.8) is 0 Å². The third kappa shape index (κ3) is 4.47. The summed E-state index contributed by atoms with van der Waals surface area (Å²) in [6.45, 7) is 5.59. The van der Waals surface area contributed by atoms with Gasteiger partial charge in [-0.1, -0.05) is 6.42 Å². The van der Waals surface area contributed by atoms with Crippen molar-refractivity contribution in [2.45, 2.75) is 45.2 Å². The third-order valence-electron chi connectivity index (χ3n) is 3.08. The molecule has 108 valence electrons. The molecule has 0 aromatic carbocycles. The van der Waals surface area contributed by atoms with Crippen molar-refractivity contribution in [1.29, 1.82) is 0 Å². The van der Waals surface area contributed by atoms with Crippen LogP contribution >= 0.6 is 0 Å². The summed E-state index contributed by atoms with van der Waals surface area (Å²) in [5, 5.41) is 0. The second-order valence-corrected chi connectivity index (χ2v) is 6.33. The van der Waals surface area contributed by atoms with Gasteiger partial charge in [0, 0.05) is 31.8 Å². The second kappa shape index (κ2) is 7.40. The van der Waals surface area contributed by atoms with Crippen LogP contribution in [-0.4, -0.2) is 51.1 Å². The molecule has 1 aliphatic rings. The fraction of sp³-hybridized carbons (Fsp3) is 1.00. The average Bonchev–Trinajstić information content (AvgIpc) is 2.35. The lowest BCUT2D eigenvalue weighted by Crippen LogP contribution is -2.53. The Labute approximate surface area is 110 Å². The van der Waals surface area contributed by atoms with Crippen molar-refractivity contribution >= 4 is 10.2 Å². The largest absolute Gasteiger partial charge is 0.380 e. The van der Waals surface area contributed by atoms with Crippen molar-refractivity contribution in [1.82, 2.24) is 9.03 Å². The molecule has 1 saturated heterocycles. The number of hydrogen-bond acceptors (Lipinski definition) is 4. The van der Waals surface area contributed by atoms with Gasteiger partial charge in [-0.3, -0.25) is 0 Å². The minimum atomic E-state index is -3.45. The molecule has 1 rings (SSSR count). The highest BCUT2D eigenvalue weighted by Crippen LogP contribution is 2.19. The first kappa shape index (κ1) is 15.8. The van der Waals surface area contributed by atoms with Crippen molar-refractivity contribution in [2.75, 3.05) is 26.3 Å². The van der Waals surface area contributed by atoms with E-state index in [1.165, 1.54) is 4.31 Å². The number of nitrogens with two attached hydrogens (primary N) is 1. The maximum Gasteiger partial charge on any atom is 0.280 e. The Morgan fingerprint density at radius 2 is 2.22 bits per heavy atom. The second-order valence-electron chi connectivity index (χ2n) is 4.68. The fourth-order valence-corrected chi connectivity index (χ4v) is 3.84. The molecular formula is C11H25N3O3S. The van der Waals surface area contributed by atoms with Crippen LogP contribution in [0.2, 0.25) is 0 Å². The zero-order valence-electron chi connectivity index (χ0n) is 11.3. The van der Waals surface area contributed by atoms with E-state index in [0.29, 0.717) is 26.3 Å². The van der Waals surface area contributed by atoms with E-state index in [9.17, 15) is 8.42 Å². The van der Waals surface area contributed by atoms with Crippen LogP contribution in [0.3, 0.4) is 0 Å². The van der Waals surface area contributed by atoms with Crippen LogP contribution in [0.1, 0.15) is 33.1 Å². The molecule has 0 spiro atoms. The molecule has 0 saturated carbocycles. The maximum absolute atomic E-state index is 12.2. The van der Waals surface area contributed by atoms with Crippen LogP contribution < -0.4 is 10.5 Å². The number of nitrogens with one attached hydrogen (secondary N) is 1. The Bertz CT molecular complexity index is 334. The molecule has 3 N–H and O–H groups in total. The summed E-state index contributed by atoms with van der Waals surface area (Å²) in [6, 6.07) is -0.300. The monoisotopic (exact) mass is 279 g/mol. The van der Waals surface area contributed by atoms with Crippen LogP contribution in [0.5, 0.6) is 0 Å². The lowest BCUT2D eigenvalue weighted by Gasteiger charge is -2.34. The molecule has 0 radical (unpaired) electrons. The summed E-state index contributed by atoms with van der Waals surface area (Å²) in [7, 11) is -3.45. The summed E-state index contributed by atoms with van der Waals surface area (Å²) in [5.41, 5.74) is 5.64. The smallest absolute Gasteiger partial charge is 0.280 e. The summed E-state index contributed by atoms with van der Waals surface area (Å²) < 4.78 is 33.8. The van der Waals surface area contributed by atoms with E-state index < -0.39 is 10.2 Å². The van der Waals surface area contributed by atoms with E-state index in [1.807, 2.05) is 6.92 Å². The highest BCUT2D eigenvalue weighted by atomic mass is 32.2. The van der Waals surface area contributed by atoms with Gasteiger partial charge in [0.05, 0.1) is 6.61 Å². The molecule has 2 atom stereocenters. The van der Waals surface area contributed by atoms with Crippen molar-refractivity contribution in [2.24, 2.45) is 5.73 Å². The van der Waals surface area contributed by atoms with Crippen molar-refractivity contribution < 1.29 is 13.2 Å². The predicted molar refractivity (Wildman–Crippen MR) is 71.4 cm³/mol. The molecule has 0 bridgehead atoms. The van der Waals surface area contributed by atoms with Gasteiger partial charge in [-0.15, -0.1) is 0 Å². The summed E-state index contributed by atoms with van der Waals surface area (Å²) in [6.07, 6.45) is 2.79. The van der Waals surface area contributed by atoms with Gasteiger partial charge in [0.1, 0.15) is 0 Å². The summed E-state index contributed by atoms with van der Waals surface area (Å²) >= 11 is 0. The Morgan fingerprint density at radius 3 is 2.83 bits per heavy atom. The number of rotatable bonds is 7. The quantitative estimate of drug-likeness (QED) is 0.690. The predicted octanol–water partition coefficient (Wildman–Crippen LogP) is 0.0590. The van der Waals surface area contributed by atoms with Gasteiger partial charge in [0.25, 0.3) is 10.2 Å². The van der Waals surface area contributed by atoms with Gasteiger partial charge < -0.3 is 10.5 Å². The molecule has 2 unspecified atom stereocenters. The molecule has 18 heavy (non-hydrogen) atoms. The highest BCUT2D eigenvalue weighted by molar-refractivity contribution is 7.87. The number of ether oxygens (including phenoxy) is 1. The maximum atomic E-state index is 12.2. The number of nitrogens with zero attached hydrogens (tertiary/aromatic N) is 1. The number of hydrogen-bond donors (Lipinski definition) is 2. The van der Waals surface area contributed by atoms with E-state index in [0.717, 1.165) is 19.3 Å². The van der Waals surface area contributed by atoms with Gasteiger partial charge in [0.15, 0.2) is 0 Å². The number of piperidine rings is 1. The Kier molecular flexibility index (Phi) is 6.51. The van der Waals surface area contributed by atoms with Gasteiger partial charge >= 0.3 is 0 Å². The summed E-state index contributed by atoms with van der Waals surface area (Å²) in [4.78, 5) is 0. The van der Waals surface area contributed by atoms with E-state index in [1.54, 1.807) is 6.92 Å². The molecular weight excluding hydrogens is 254 g/mol. The van der Waals surface area contributed by atoms with Crippen LogP contribution in [-0.2, 0) is 14.9 Å². The molecule has 1 fully saturated rings. The molecule has 1 heterocycles. The Morgan fingerprint density at radius 1 is 1.50 bits per heavy atom. The molecule has 1 aliphatic heterocycles. The third-order valence-corrected chi connectivity index (χ3v) is 4.87. The standard InChI is InChI=1S/C11H25N3O3S/c1-3-17-9-10(2)13-18(15,16)14-7-5-4-6-11(14)8-12/h10-11,13H,3-9,12H2,1-2H3. The topological polar surface area (TPSA) is 84.7 Å². The van der Waals surface area contributed by atoms with Gasteiger partial charge in [0.2, 0.25) is 0 Å². The Hall–Kier alpha value is -0.210. The minimum Gasteiger partial charge on any atom is -0.380 e. The fourth-order valence-electron chi connectivity index (χ4n) is 2.18. The lowest BCUT2D eigenvalue weighted by atomic mass is 10.1. The normalized spacial score (nSPS) is 24.1. The highest BCUT2D eigenvalue weighted by Gasteiger charge is 2.32. The molecule has 0 aliphatic carbocycles. The van der Waals surface area contributed by atoms with Gasteiger partial charge in [-0.25, -0.2) is 0 Å². The van der Waals surface area contributed by atoms with Crippen molar-refractivity contribution in [3.05, 3.63) is 0 Å². The van der Waals surface area contributed by atoms with Crippen LogP contribution in [0, 0.1) is 0 Å². The van der Waals surface area contributed by atoms with E-state index >= 15 is 0 Å². The molecule has 6 nitrogen and oxygen atoms in total. The van der Waals surface area contributed by atoms with Crippen LogP contribution in [0.25, 0.3) is 0 Å². The first-order chi connectivity index (χ1) is 8.51.